The summed E-state index contributed by atoms with van der Waals surface area (Å²) in [5.74, 6) is 0. The molecule has 0 aromatic heterocycles. The molecule has 0 radical (unpaired) electrons. The van der Waals surface area contributed by atoms with Crippen LogP contribution in [0.3, 0.4) is 0 Å². The maximum atomic E-state index is 11.8. The molecule has 0 rings (SSSR count). The Morgan fingerprint density at radius 1 is 0.789 bits per heavy atom. The summed E-state index contributed by atoms with van der Waals surface area (Å²) in [7, 11) is -10.7. The van der Waals surface area contributed by atoms with Crippen LogP contribution in [0, 0.1) is 0 Å². The van der Waals surface area contributed by atoms with Gasteiger partial charge in [0.05, 0.1) is 6.67 Å². The number of unbranched alkanes of at least 4 members (excludes halogenated alkanes) is 5. The standard InChI is InChI=1S/C9H21FO7P2/c10-8-6-4-2-1-3-5-7-9(11,18(12,13)14)19(15,16)17/h11H,1-8H2,(H2,12,13,14)(H2,15,16,17). The highest BCUT2D eigenvalue weighted by Crippen LogP contribution is 2.69. The van der Waals surface area contributed by atoms with E-state index < -0.39 is 33.4 Å². The third-order valence-corrected chi connectivity index (χ3v) is 6.71. The maximum Gasteiger partial charge on any atom is 0.369 e. The second-order valence-corrected chi connectivity index (χ2v) is 8.43. The molecule has 0 saturated carbocycles. The maximum absolute atomic E-state index is 11.8. The molecule has 10 heteroatoms. The zero-order valence-electron chi connectivity index (χ0n) is 10.5. The van der Waals surface area contributed by atoms with Gasteiger partial charge in [0.2, 0.25) is 0 Å². The lowest BCUT2D eigenvalue weighted by molar-refractivity contribution is 0.120. The zero-order valence-corrected chi connectivity index (χ0v) is 12.3. The third kappa shape index (κ3) is 6.00. The first-order valence-corrected chi connectivity index (χ1v) is 9.18. The second kappa shape index (κ2) is 7.84. The monoisotopic (exact) mass is 322 g/mol. The van der Waals surface area contributed by atoms with Crippen molar-refractivity contribution in [1.29, 1.82) is 0 Å². The molecule has 0 heterocycles. The lowest BCUT2D eigenvalue weighted by Gasteiger charge is -2.29. The number of hydrogen-bond acceptors (Lipinski definition) is 3. The summed E-state index contributed by atoms with van der Waals surface area (Å²) in [5.41, 5.74) is 0. The van der Waals surface area contributed by atoms with E-state index in [0.717, 1.165) is 6.42 Å². The molecule has 0 atom stereocenters. The van der Waals surface area contributed by atoms with Gasteiger partial charge in [-0.3, -0.25) is 13.5 Å². The van der Waals surface area contributed by atoms with E-state index >= 15 is 0 Å². The number of alkyl halides is 1. The number of hydrogen-bond donors (Lipinski definition) is 5. The molecule has 7 nitrogen and oxygen atoms in total. The van der Waals surface area contributed by atoms with Crippen LogP contribution < -0.4 is 0 Å². The normalized spacial score (nSPS) is 13.8. The van der Waals surface area contributed by atoms with E-state index in [9.17, 15) is 18.6 Å². The Morgan fingerprint density at radius 3 is 1.53 bits per heavy atom. The van der Waals surface area contributed by atoms with Crippen LogP contribution in [0.2, 0.25) is 0 Å². The topological polar surface area (TPSA) is 135 Å². The summed E-state index contributed by atoms with van der Waals surface area (Å²) < 4.78 is 33.8. The SMILES string of the molecule is O=P(O)(O)C(O)(CCCCCCCCF)P(=O)(O)O. The average Bonchev–Trinajstić information content (AvgIpc) is 2.24. The van der Waals surface area contributed by atoms with Crippen LogP contribution in [0.15, 0.2) is 0 Å². The van der Waals surface area contributed by atoms with Gasteiger partial charge in [-0.1, -0.05) is 25.7 Å². The highest BCUT2D eigenvalue weighted by atomic mass is 31.2. The van der Waals surface area contributed by atoms with Crippen molar-refractivity contribution in [2.75, 3.05) is 6.67 Å². The van der Waals surface area contributed by atoms with E-state index in [1.807, 2.05) is 0 Å². The predicted octanol–water partition coefficient (Wildman–Crippen LogP) is 1.69. The van der Waals surface area contributed by atoms with Crippen molar-refractivity contribution in [1.82, 2.24) is 0 Å². The molecule has 0 aliphatic heterocycles. The molecule has 0 aliphatic rings. The van der Waals surface area contributed by atoms with Crippen molar-refractivity contribution < 1.29 is 38.2 Å². The van der Waals surface area contributed by atoms with Crippen molar-refractivity contribution in [3.8, 4) is 0 Å². The number of rotatable bonds is 10. The van der Waals surface area contributed by atoms with Gasteiger partial charge in [-0.2, -0.15) is 0 Å². The van der Waals surface area contributed by atoms with E-state index in [1.165, 1.54) is 0 Å². The fraction of sp³-hybridized carbons (Fsp3) is 1.00. The zero-order chi connectivity index (χ0) is 15.2. The van der Waals surface area contributed by atoms with Crippen LogP contribution in [-0.4, -0.2) is 36.4 Å². The lowest BCUT2D eigenvalue weighted by atomic mass is 10.1. The van der Waals surface area contributed by atoms with Crippen LogP contribution in [0.1, 0.15) is 44.9 Å². The van der Waals surface area contributed by atoms with Crippen molar-refractivity contribution in [3.05, 3.63) is 0 Å². The van der Waals surface area contributed by atoms with Gasteiger partial charge in [0.15, 0.2) is 0 Å². The van der Waals surface area contributed by atoms with Gasteiger partial charge in [-0.15, -0.1) is 0 Å². The molecule has 0 unspecified atom stereocenters. The summed E-state index contributed by atoms with van der Waals surface area (Å²) in [6.45, 7) is -0.393. The Balaban J connectivity index is 4.26. The molecule has 5 N–H and O–H groups in total. The first-order valence-electron chi connectivity index (χ1n) is 5.96. The predicted molar refractivity (Wildman–Crippen MR) is 67.3 cm³/mol. The Labute approximate surface area is 111 Å². The average molecular weight is 322 g/mol. The molecule has 0 aliphatic carbocycles. The summed E-state index contributed by atoms with van der Waals surface area (Å²) in [5, 5.41) is 6.24. The van der Waals surface area contributed by atoms with E-state index in [-0.39, 0.29) is 6.42 Å². The Hall–Kier alpha value is 0.190. The molecule has 0 spiro atoms. The fourth-order valence-corrected chi connectivity index (χ4v) is 3.88. The van der Waals surface area contributed by atoms with E-state index in [1.54, 1.807) is 0 Å². The molecule has 116 valence electrons. The fourth-order valence-electron chi connectivity index (χ4n) is 1.62. The van der Waals surface area contributed by atoms with Crippen molar-refractivity contribution in [3.63, 3.8) is 0 Å². The van der Waals surface area contributed by atoms with Gasteiger partial charge in [0.25, 0.3) is 5.08 Å². The van der Waals surface area contributed by atoms with Crippen LogP contribution in [0.25, 0.3) is 0 Å². The van der Waals surface area contributed by atoms with Crippen LogP contribution in [0.4, 0.5) is 4.39 Å². The molecular weight excluding hydrogens is 301 g/mol. The summed E-state index contributed by atoms with van der Waals surface area (Å²) in [4.78, 5) is 35.5. The molecular formula is C9H21FO7P2. The van der Waals surface area contributed by atoms with Crippen molar-refractivity contribution in [2.45, 2.75) is 50.0 Å². The van der Waals surface area contributed by atoms with Gasteiger partial charge in [-0.05, 0) is 19.3 Å². The van der Waals surface area contributed by atoms with Crippen molar-refractivity contribution in [2.24, 2.45) is 0 Å². The summed E-state index contributed by atoms with van der Waals surface area (Å²) in [6.07, 6.45) is 2.38. The first kappa shape index (κ1) is 19.2. The Bertz CT molecular complexity index is 328. The van der Waals surface area contributed by atoms with Crippen molar-refractivity contribution >= 4 is 15.2 Å². The molecule has 0 aromatic carbocycles. The summed E-state index contributed by atoms with van der Waals surface area (Å²) >= 11 is 0. The highest BCUT2D eigenvalue weighted by Gasteiger charge is 2.58. The molecule has 0 bridgehead atoms. The minimum Gasteiger partial charge on any atom is -0.368 e. The van der Waals surface area contributed by atoms with E-state index in [4.69, 9.17) is 19.6 Å². The minimum absolute atomic E-state index is 0.0718. The van der Waals surface area contributed by atoms with Gasteiger partial charge in [-0.25, -0.2) is 0 Å². The number of aliphatic hydroxyl groups is 1. The van der Waals surface area contributed by atoms with Gasteiger partial charge in [0, 0.05) is 0 Å². The first-order chi connectivity index (χ1) is 8.56. The second-order valence-electron chi connectivity index (χ2n) is 4.42. The molecule has 0 amide bonds. The van der Waals surface area contributed by atoms with Gasteiger partial charge < -0.3 is 24.7 Å². The summed E-state index contributed by atoms with van der Waals surface area (Å²) in [6, 6.07) is 0. The highest BCUT2D eigenvalue weighted by molar-refractivity contribution is 7.72. The number of halogens is 1. The van der Waals surface area contributed by atoms with Crippen LogP contribution in [0.5, 0.6) is 0 Å². The Kier molecular flexibility index (Phi) is 7.91. The molecule has 0 fully saturated rings. The molecule has 19 heavy (non-hydrogen) atoms. The smallest absolute Gasteiger partial charge is 0.368 e. The van der Waals surface area contributed by atoms with E-state index in [0.29, 0.717) is 25.7 Å². The largest absolute Gasteiger partial charge is 0.369 e. The van der Waals surface area contributed by atoms with Gasteiger partial charge >= 0.3 is 15.2 Å². The minimum atomic E-state index is -5.33. The Morgan fingerprint density at radius 2 is 1.16 bits per heavy atom. The molecule has 0 aromatic rings. The third-order valence-electron chi connectivity index (χ3n) is 2.83. The van der Waals surface area contributed by atoms with E-state index in [2.05, 4.69) is 0 Å². The quantitative estimate of drug-likeness (QED) is 0.305. The van der Waals surface area contributed by atoms with Gasteiger partial charge in [0.1, 0.15) is 0 Å². The molecule has 0 saturated heterocycles. The van der Waals surface area contributed by atoms with Crippen LogP contribution >= 0.6 is 15.2 Å². The lowest BCUT2D eigenvalue weighted by Crippen LogP contribution is -2.28. The van der Waals surface area contributed by atoms with Crippen LogP contribution in [-0.2, 0) is 9.13 Å².